The van der Waals surface area contributed by atoms with E-state index in [0.29, 0.717) is 10.8 Å². The summed E-state index contributed by atoms with van der Waals surface area (Å²) in [4.78, 5) is 12.8. The monoisotopic (exact) mass is 498 g/mol. The Labute approximate surface area is 199 Å². The van der Waals surface area contributed by atoms with Crippen LogP contribution in [0.4, 0.5) is 15.2 Å². The molecule has 1 aromatic heterocycles. The second kappa shape index (κ2) is 9.98. The van der Waals surface area contributed by atoms with Crippen LogP contribution >= 0.6 is 11.3 Å². The second-order valence-corrected chi connectivity index (χ2v) is 9.83. The smallest absolute Gasteiger partial charge is 0.264 e. The van der Waals surface area contributed by atoms with Crippen molar-refractivity contribution in [1.82, 2.24) is 10.2 Å². The van der Waals surface area contributed by atoms with Gasteiger partial charge in [0.05, 0.1) is 17.7 Å². The fraction of sp³-hybridized carbons (Fsp3) is 0.0870. The average Bonchev–Trinajstić information content (AvgIpc) is 3.32. The molecule has 1 amide bonds. The van der Waals surface area contributed by atoms with Gasteiger partial charge in [-0.3, -0.25) is 14.4 Å². The van der Waals surface area contributed by atoms with Crippen molar-refractivity contribution in [2.75, 3.05) is 23.3 Å². The molecule has 11 heteroatoms. The number of anilines is 2. The number of rotatable bonds is 8. The summed E-state index contributed by atoms with van der Waals surface area (Å²) in [5, 5.41) is 11.4. The molecule has 0 saturated heterocycles. The van der Waals surface area contributed by atoms with Crippen molar-refractivity contribution in [2.24, 2.45) is 0 Å². The van der Waals surface area contributed by atoms with Crippen molar-refractivity contribution in [3.8, 4) is 16.3 Å². The molecule has 1 heterocycles. The normalized spacial score (nSPS) is 11.1. The van der Waals surface area contributed by atoms with Gasteiger partial charge in [0.15, 0.2) is 0 Å². The molecule has 0 aliphatic rings. The van der Waals surface area contributed by atoms with E-state index in [1.165, 1.54) is 24.3 Å². The van der Waals surface area contributed by atoms with Crippen LogP contribution in [0.15, 0.2) is 83.8 Å². The summed E-state index contributed by atoms with van der Waals surface area (Å²) in [6.07, 6.45) is 0. The van der Waals surface area contributed by atoms with Crippen molar-refractivity contribution < 1.29 is 22.3 Å². The number of aromatic nitrogens is 2. The number of halogens is 1. The van der Waals surface area contributed by atoms with Crippen molar-refractivity contribution >= 4 is 38.1 Å². The quantitative estimate of drug-likeness (QED) is 0.391. The van der Waals surface area contributed by atoms with Gasteiger partial charge in [0.25, 0.3) is 10.0 Å². The van der Waals surface area contributed by atoms with E-state index in [0.717, 1.165) is 33.3 Å². The highest BCUT2D eigenvalue weighted by Gasteiger charge is 2.27. The first kappa shape index (κ1) is 23.3. The van der Waals surface area contributed by atoms with Gasteiger partial charge in [-0.15, -0.1) is 10.2 Å². The van der Waals surface area contributed by atoms with Gasteiger partial charge in [0, 0.05) is 5.56 Å². The van der Waals surface area contributed by atoms with Crippen LogP contribution in [0, 0.1) is 5.82 Å². The standard InChI is InChI=1S/C23H19FN4O4S2/c1-32-19-13-7-16(8-14-19)22-26-27-23(33-22)25-21(29)15-28(18-11-9-17(24)10-12-18)34(30,31)20-5-3-2-4-6-20/h2-14H,15H2,1H3,(H,25,27,29). The molecule has 0 atom stereocenters. The number of sulfonamides is 1. The third-order valence-electron chi connectivity index (χ3n) is 4.74. The molecule has 0 radical (unpaired) electrons. The molecular formula is C23H19FN4O4S2. The topological polar surface area (TPSA) is 101 Å². The maximum atomic E-state index is 13.4. The zero-order valence-corrected chi connectivity index (χ0v) is 19.5. The number of methoxy groups -OCH3 is 1. The Hall–Kier alpha value is -3.83. The van der Waals surface area contributed by atoms with Crippen molar-refractivity contribution in [2.45, 2.75) is 4.90 Å². The van der Waals surface area contributed by atoms with Gasteiger partial charge in [-0.1, -0.05) is 29.5 Å². The molecule has 0 bridgehead atoms. The Bertz CT molecular complexity index is 1380. The number of amides is 1. The van der Waals surface area contributed by atoms with Crippen LogP contribution in [-0.2, 0) is 14.8 Å². The summed E-state index contributed by atoms with van der Waals surface area (Å²) in [7, 11) is -2.52. The highest BCUT2D eigenvalue weighted by atomic mass is 32.2. The van der Waals surface area contributed by atoms with Gasteiger partial charge in [-0.05, 0) is 60.7 Å². The molecular weight excluding hydrogens is 479 g/mol. The first-order chi connectivity index (χ1) is 16.4. The molecule has 1 N–H and O–H groups in total. The number of benzene rings is 3. The second-order valence-electron chi connectivity index (χ2n) is 6.99. The number of nitrogens with zero attached hydrogens (tertiary/aromatic N) is 3. The van der Waals surface area contributed by atoms with E-state index in [4.69, 9.17) is 4.74 Å². The van der Waals surface area contributed by atoms with Gasteiger partial charge in [0.1, 0.15) is 23.1 Å². The Kier molecular flexibility index (Phi) is 6.85. The Balaban J connectivity index is 1.55. The van der Waals surface area contributed by atoms with Gasteiger partial charge in [-0.25, -0.2) is 12.8 Å². The minimum atomic E-state index is -4.09. The van der Waals surface area contributed by atoms with E-state index in [1.807, 2.05) is 12.1 Å². The molecule has 4 aromatic rings. The maximum Gasteiger partial charge on any atom is 0.264 e. The van der Waals surface area contributed by atoms with Crippen LogP contribution in [0.3, 0.4) is 0 Å². The molecule has 4 rings (SSSR count). The molecule has 34 heavy (non-hydrogen) atoms. The minimum Gasteiger partial charge on any atom is -0.497 e. The summed E-state index contributed by atoms with van der Waals surface area (Å²) in [5.74, 6) is -0.450. The molecule has 3 aromatic carbocycles. The Morgan fingerprint density at radius 3 is 2.32 bits per heavy atom. The van der Waals surface area contributed by atoms with Crippen LogP contribution in [0.5, 0.6) is 5.75 Å². The van der Waals surface area contributed by atoms with E-state index < -0.39 is 28.3 Å². The van der Waals surface area contributed by atoms with Crippen LogP contribution < -0.4 is 14.4 Å². The lowest BCUT2D eigenvalue weighted by Gasteiger charge is -2.23. The van der Waals surface area contributed by atoms with E-state index in [-0.39, 0.29) is 15.7 Å². The zero-order chi connectivity index (χ0) is 24.1. The third kappa shape index (κ3) is 5.21. The van der Waals surface area contributed by atoms with Gasteiger partial charge >= 0.3 is 0 Å². The number of carbonyl (C=O) groups excluding carboxylic acids is 1. The zero-order valence-electron chi connectivity index (χ0n) is 17.9. The summed E-state index contributed by atoms with van der Waals surface area (Å²) < 4.78 is 46.0. The summed E-state index contributed by atoms with van der Waals surface area (Å²) in [6.45, 7) is -0.541. The number of carbonyl (C=O) groups is 1. The predicted molar refractivity (Wildman–Crippen MR) is 128 cm³/mol. The molecule has 8 nitrogen and oxygen atoms in total. The summed E-state index contributed by atoms with van der Waals surface area (Å²) >= 11 is 1.14. The highest BCUT2D eigenvalue weighted by Crippen LogP contribution is 2.28. The molecule has 0 aliphatic carbocycles. The van der Waals surface area contributed by atoms with Gasteiger partial charge in [0.2, 0.25) is 11.0 Å². The molecule has 0 fully saturated rings. The molecule has 174 valence electrons. The fourth-order valence-corrected chi connectivity index (χ4v) is 5.26. The largest absolute Gasteiger partial charge is 0.497 e. The average molecular weight is 499 g/mol. The van der Waals surface area contributed by atoms with E-state index in [9.17, 15) is 17.6 Å². The minimum absolute atomic E-state index is 0.00447. The number of nitrogens with one attached hydrogen (secondary N) is 1. The van der Waals surface area contributed by atoms with Gasteiger partial charge < -0.3 is 4.74 Å². The van der Waals surface area contributed by atoms with E-state index in [2.05, 4.69) is 15.5 Å². The molecule has 0 spiro atoms. The van der Waals surface area contributed by atoms with Crippen LogP contribution in [-0.4, -0.2) is 38.2 Å². The van der Waals surface area contributed by atoms with E-state index >= 15 is 0 Å². The fourth-order valence-electron chi connectivity index (χ4n) is 3.06. The molecule has 0 saturated carbocycles. The van der Waals surface area contributed by atoms with Crippen molar-refractivity contribution in [3.05, 3.63) is 84.7 Å². The predicted octanol–water partition coefficient (Wildman–Crippen LogP) is 4.19. The summed E-state index contributed by atoms with van der Waals surface area (Å²) in [5.41, 5.74) is 0.940. The maximum absolute atomic E-state index is 13.4. The Morgan fingerprint density at radius 1 is 1.00 bits per heavy atom. The van der Waals surface area contributed by atoms with Crippen molar-refractivity contribution in [3.63, 3.8) is 0 Å². The number of hydrogen-bond donors (Lipinski definition) is 1. The SMILES string of the molecule is COc1ccc(-c2nnc(NC(=O)CN(c3ccc(F)cc3)S(=O)(=O)c3ccccc3)s2)cc1. The Morgan fingerprint density at radius 2 is 1.68 bits per heavy atom. The highest BCUT2D eigenvalue weighted by molar-refractivity contribution is 7.92. The first-order valence-corrected chi connectivity index (χ1v) is 12.2. The third-order valence-corrected chi connectivity index (χ3v) is 7.42. The summed E-state index contributed by atoms with van der Waals surface area (Å²) in [6, 6.07) is 19.8. The lowest BCUT2D eigenvalue weighted by atomic mass is 10.2. The first-order valence-electron chi connectivity index (χ1n) is 9.98. The molecule has 0 aliphatic heterocycles. The lowest BCUT2D eigenvalue weighted by molar-refractivity contribution is -0.114. The van der Waals surface area contributed by atoms with E-state index in [1.54, 1.807) is 37.4 Å². The van der Waals surface area contributed by atoms with Crippen molar-refractivity contribution in [1.29, 1.82) is 0 Å². The van der Waals surface area contributed by atoms with Crippen LogP contribution in [0.2, 0.25) is 0 Å². The number of ether oxygens (including phenoxy) is 1. The van der Waals surface area contributed by atoms with Crippen LogP contribution in [0.25, 0.3) is 10.6 Å². The lowest BCUT2D eigenvalue weighted by Crippen LogP contribution is -2.38. The molecule has 0 unspecified atom stereocenters. The number of hydrogen-bond acceptors (Lipinski definition) is 7. The van der Waals surface area contributed by atoms with Gasteiger partial charge in [-0.2, -0.15) is 0 Å². The van der Waals surface area contributed by atoms with Crippen LogP contribution in [0.1, 0.15) is 0 Å².